The molecule has 2 aromatic carbocycles. The normalized spacial score (nSPS) is 11.8. The second-order valence-electron chi connectivity index (χ2n) is 7.75. The van der Waals surface area contributed by atoms with Crippen LogP contribution in [0.4, 0.5) is 0 Å². The fourth-order valence-corrected chi connectivity index (χ4v) is 4.46. The lowest BCUT2D eigenvalue weighted by Crippen LogP contribution is -2.49. The summed E-state index contributed by atoms with van der Waals surface area (Å²) in [7, 11) is 0. The second kappa shape index (κ2) is 13.8. The number of hydrogen-bond donors (Lipinski definition) is 1. The van der Waals surface area contributed by atoms with E-state index < -0.39 is 6.04 Å². The molecule has 0 aliphatic carbocycles. The molecule has 2 aromatic rings. The van der Waals surface area contributed by atoms with Crippen LogP contribution in [0.25, 0.3) is 0 Å². The number of aryl methyl sites for hydroxylation is 1. The highest BCUT2D eigenvalue weighted by Gasteiger charge is 2.28. The van der Waals surface area contributed by atoms with Gasteiger partial charge in [-0.05, 0) is 49.6 Å². The van der Waals surface area contributed by atoms with E-state index in [0.29, 0.717) is 41.7 Å². The molecule has 0 aliphatic heterocycles. The summed E-state index contributed by atoms with van der Waals surface area (Å²) in [6, 6.07) is 13.0. The number of carbonyl (C=O) groups is 2. The smallest absolute Gasteiger partial charge is 0.242 e. The highest BCUT2D eigenvalue weighted by Crippen LogP contribution is 2.25. The van der Waals surface area contributed by atoms with Gasteiger partial charge in [0.25, 0.3) is 0 Å². The van der Waals surface area contributed by atoms with Gasteiger partial charge in [0, 0.05) is 30.2 Å². The third kappa shape index (κ3) is 8.34. The summed E-state index contributed by atoms with van der Waals surface area (Å²) in [5.41, 5.74) is 2.05. The first-order valence-corrected chi connectivity index (χ1v) is 12.8. The number of halogens is 2. The lowest BCUT2D eigenvalue weighted by Gasteiger charge is -2.31. The monoisotopic (exact) mass is 494 g/mol. The predicted octanol–water partition coefficient (Wildman–Crippen LogP) is 6.51. The fraction of sp³-hybridized carbons (Fsp3) is 0.440. The number of nitrogens with one attached hydrogen (secondary N) is 1. The average molecular weight is 496 g/mol. The summed E-state index contributed by atoms with van der Waals surface area (Å²) in [5.74, 6) is 0.488. The van der Waals surface area contributed by atoms with Crippen molar-refractivity contribution in [1.29, 1.82) is 0 Å². The van der Waals surface area contributed by atoms with Crippen LogP contribution in [0.3, 0.4) is 0 Å². The molecular weight excluding hydrogens is 463 g/mol. The van der Waals surface area contributed by atoms with E-state index in [4.69, 9.17) is 23.2 Å². The van der Waals surface area contributed by atoms with Gasteiger partial charge in [0.1, 0.15) is 6.04 Å². The maximum atomic E-state index is 13.3. The van der Waals surface area contributed by atoms with Gasteiger partial charge in [-0.2, -0.15) is 0 Å². The molecule has 0 spiro atoms. The summed E-state index contributed by atoms with van der Waals surface area (Å²) in [6.07, 6.45) is 2.80. The Hall–Kier alpha value is -1.69. The van der Waals surface area contributed by atoms with Crippen LogP contribution >= 0.6 is 35.0 Å². The van der Waals surface area contributed by atoms with Crippen molar-refractivity contribution < 1.29 is 9.59 Å². The Kier molecular flexibility index (Phi) is 11.4. The molecule has 0 saturated carbocycles. The third-order valence-corrected chi connectivity index (χ3v) is 6.91. The molecule has 4 nitrogen and oxygen atoms in total. The van der Waals surface area contributed by atoms with Crippen LogP contribution in [0.2, 0.25) is 10.0 Å². The van der Waals surface area contributed by atoms with Crippen molar-refractivity contribution in [2.45, 2.75) is 63.9 Å². The molecule has 0 bridgehead atoms. The summed E-state index contributed by atoms with van der Waals surface area (Å²) in [6.45, 7) is 6.99. The number of benzene rings is 2. The molecular formula is C25H32Cl2N2O2S. The van der Waals surface area contributed by atoms with Gasteiger partial charge in [-0.1, -0.05) is 67.2 Å². The summed E-state index contributed by atoms with van der Waals surface area (Å²) in [5, 5.41) is 3.88. The van der Waals surface area contributed by atoms with Crippen molar-refractivity contribution in [3.8, 4) is 0 Å². The molecule has 0 aliphatic rings. The Morgan fingerprint density at radius 2 is 1.78 bits per heavy atom. The molecule has 0 radical (unpaired) electrons. The van der Waals surface area contributed by atoms with Gasteiger partial charge in [0.2, 0.25) is 11.8 Å². The molecule has 32 heavy (non-hydrogen) atoms. The number of unbranched alkanes of at least 4 members (excludes halogenated alkanes) is 1. The van der Waals surface area contributed by atoms with E-state index in [2.05, 4.69) is 43.4 Å². The third-order valence-electron chi connectivity index (χ3n) is 5.16. The molecule has 0 fully saturated rings. The minimum absolute atomic E-state index is 0.0480. The van der Waals surface area contributed by atoms with Crippen molar-refractivity contribution in [3.05, 3.63) is 63.6 Å². The molecule has 0 unspecified atom stereocenters. The second-order valence-corrected chi connectivity index (χ2v) is 9.73. The van der Waals surface area contributed by atoms with Crippen molar-refractivity contribution >= 4 is 46.8 Å². The van der Waals surface area contributed by atoms with Gasteiger partial charge in [-0.25, -0.2) is 0 Å². The van der Waals surface area contributed by atoms with E-state index in [0.717, 1.165) is 23.3 Å². The SMILES string of the molecule is CCCCNC(=O)[C@@H](CC)N(Cc1ccc(Cl)c(Cl)c1)C(=O)CCSc1ccc(C)cc1. The lowest BCUT2D eigenvalue weighted by molar-refractivity contribution is -0.141. The van der Waals surface area contributed by atoms with E-state index in [-0.39, 0.29) is 11.8 Å². The molecule has 0 aromatic heterocycles. The van der Waals surface area contributed by atoms with Crippen molar-refractivity contribution in [2.24, 2.45) is 0 Å². The number of carbonyl (C=O) groups excluding carboxylic acids is 2. The van der Waals surface area contributed by atoms with Crippen LogP contribution < -0.4 is 5.32 Å². The topological polar surface area (TPSA) is 49.4 Å². The highest BCUT2D eigenvalue weighted by atomic mass is 35.5. The van der Waals surface area contributed by atoms with Crippen LogP contribution in [0, 0.1) is 6.92 Å². The minimum atomic E-state index is -0.529. The van der Waals surface area contributed by atoms with Gasteiger partial charge in [0.15, 0.2) is 0 Å². The van der Waals surface area contributed by atoms with Gasteiger partial charge in [0.05, 0.1) is 10.0 Å². The standard InChI is InChI=1S/C25H32Cl2N2O2S/c1-4-6-14-28-25(31)23(5-2)29(17-19-9-12-21(26)22(27)16-19)24(30)13-15-32-20-10-7-18(3)8-11-20/h7-12,16,23H,4-6,13-15,17H2,1-3H3,(H,28,31)/t23-/m1/s1. The van der Waals surface area contributed by atoms with Crippen LogP contribution in [-0.4, -0.2) is 35.1 Å². The zero-order valence-corrected chi connectivity index (χ0v) is 21.3. The molecule has 0 saturated heterocycles. The highest BCUT2D eigenvalue weighted by molar-refractivity contribution is 7.99. The number of amides is 2. The molecule has 1 N–H and O–H groups in total. The summed E-state index contributed by atoms with van der Waals surface area (Å²) >= 11 is 13.9. The largest absolute Gasteiger partial charge is 0.354 e. The van der Waals surface area contributed by atoms with Gasteiger partial charge >= 0.3 is 0 Å². The van der Waals surface area contributed by atoms with Crippen LogP contribution in [0.5, 0.6) is 0 Å². The van der Waals surface area contributed by atoms with E-state index in [1.807, 2.05) is 13.0 Å². The van der Waals surface area contributed by atoms with Crippen molar-refractivity contribution in [3.63, 3.8) is 0 Å². The van der Waals surface area contributed by atoms with E-state index in [1.54, 1.807) is 28.8 Å². The Bertz CT molecular complexity index is 890. The Morgan fingerprint density at radius 3 is 2.41 bits per heavy atom. The maximum Gasteiger partial charge on any atom is 0.242 e. The Balaban J connectivity index is 2.12. The Labute approximate surface area is 206 Å². The van der Waals surface area contributed by atoms with Crippen molar-refractivity contribution in [2.75, 3.05) is 12.3 Å². The van der Waals surface area contributed by atoms with E-state index >= 15 is 0 Å². The number of nitrogens with zero attached hydrogens (tertiary/aromatic N) is 1. The van der Waals surface area contributed by atoms with E-state index in [9.17, 15) is 9.59 Å². The molecule has 7 heteroatoms. The molecule has 2 amide bonds. The van der Waals surface area contributed by atoms with Crippen LogP contribution in [-0.2, 0) is 16.1 Å². The van der Waals surface area contributed by atoms with E-state index in [1.165, 1.54) is 5.56 Å². The average Bonchev–Trinajstić information content (AvgIpc) is 2.77. The van der Waals surface area contributed by atoms with Gasteiger partial charge in [-0.3, -0.25) is 9.59 Å². The fourth-order valence-electron chi connectivity index (χ4n) is 3.29. The van der Waals surface area contributed by atoms with Gasteiger partial charge in [-0.15, -0.1) is 11.8 Å². The summed E-state index contributed by atoms with van der Waals surface area (Å²) < 4.78 is 0. The first-order valence-electron chi connectivity index (χ1n) is 11.1. The lowest BCUT2D eigenvalue weighted by atomic mass is 10.1. The van der Waals surface area contributed by atoms with Crippen LogP contribution in [0.15, 0.2) is 47.4 Å². The number of rotatable bonds is 12. The van der Waals surface area contributed by atoms with Gasteiger partial charge < -0.3 is 10.2 Å². The maximum absolute atomic E-state index is 13.3. The molecule has 2 rings (SSSR count). The number of hydrogen-bond acceptors (Lipinski definition) is 3. The van der Waals surface area contributed by atoms with Crippen molar-refractivity contribution in [1.82, 2.24) is 10.2 Å². The number of thioether (sulfide) groups is 1. The first kappa shape index (κ1) is 26.6. The summed E-state index contributed by atoms with van der Waals surface area (Å²) in [4.78, 5) is 28.9. The molecule has 0 heterocycles. The quantitative estimate of drug-likeness (QED) is 0.270. The molecule has 1 atom stereocenters. The zero-order valence-electron chi connectivity index (χ0n) is 19.0. The van der Waals surface area contributed by atoms with Crippen LogP contribution in [0.1, 0.15) is 50.7 Å². The predicted molar refractivity (Wildman–Crippen MR) is 136 cm³/mol. The zero-order chi connectivity index (χ0) is 23.5. The molecule has 174 valence electrons. The Morgan fingerprint density at radius 1 is 1.06 bits per heavy atom. The first-order chi connectivity index (χ1) is 15.3. The minimum Gasteiger partial charge on any atom is -0.354 e.